The third-order valence-electron chi connectivity index (χ3n) is 3.28. The van der Waals surface area contributed by atoms with E-state index >= 15 is 0 Å². The van der Waals surface area contributed by atoms with Crippen molar-refractivity contribution in [1.82, 2.24) is 0 Å². The topological polar surface area (TPSA) is 29.3 Å². The predicted octanol–water partition coefficient (Wildman–Crippen LogP) is 2.85. The molecular weight excluding hydrogens is 226 g/mol. The summed E-state index contributed by atoms with van der Waals surface area (Å²) in [6, 6.07) is 10.1. The fourth-order valence-corrected chi connectivity index (χ4v) is 2.51. The van der Waals surface area contributed by atoms with Gasteiger partial charge in [-0.2, -0.15) is 0 Å². The van der Waals surface area contributed by atoms with Gasteiger partial charge in [0.1, 0.15) is 6.04 Å². The summed E-state index contributed by atoms with van der Waals surface area (Å²) < 4.78 is 5.16. The van der Waals surface area contributed by atoms with Crippen molar-refractivity contribution in [2.24, 2.45) is 5.41 Å². The Morgan fingerprint density at radius 2 is 1.89 bits per heavy atom. The van der Waals surface area contributed by atoms with Crippen LogP contribution in [0.4, 0.5) is 5.69 Å². The van der Waals surface area contributed by atoms with E-state index in [1.807, 2.05) is 37.3 Å². The Bertz CT molecular complexity index is 422. The minimum atomic E-state index is -0.132. The molecule has 0 radical (unpaired) electrons. The highest BCUT2D eigenvalue weighted by Crippen LogP contribution is 2.45. The van der Waals surface area contributed by atoms with Gasteiger partial charge in [0.2, 0.25) is 0 Å². The van der Waals surface area contributed by atoms with Gasteiger partial charge in [0.25, 0.3) is 0 Å². The summed E-state index contributed by atoms with van der Waals surface area (Å²) in [5, 5.41) is 0. The summed E-state index contributed by atoms with van der Waals surface area (Å²) in [5.74, 6) is -0.110. The van der Waals surface area contributed by atoms with Crippen molar-refractivity contribution < 1.29 is 9.53 Å². The van der Waals surface area contributed by atoms with Crippen molar-refractivity contribution in [1.29, 1.82) is 0 Å². The number of nitrogens with zero attached hydrogens (tertiary/aromatic N) is 1. The van der Waals surface area contributed by atoms with Crippen LogP contribution in [0.1, 0.15) is 27.7 Å². The molecule has 0 spiro atoms. The lowest BCUT2D eigenvalue weighted by Gasteiger charge is -2.18. The standard InChI is InChI=1S/C15H21NO2/c1-5-18-14(17)12-13(15(2,3)4)16(12)11-9-7-6-8-10-11/h6-10,12-13H,5H2,1-4H3/t12-,13-,16?/m1/s1. The van der Waals surface area contributed by atoms with Crippen molar-refractivity contribution in [3.63, 3.8) is 0 Å². The van der Waals surface area contributed by atoms with Crippen LogP contribution < -0.4 is 4.90 Å². The smallest absolute Gasteiger partial charge is 0.330 e. The molecule has 1 aromatic rings. The van der Waals surface area contributed by atoms with Crippen molar-refractivity contribution in [2.45, 2.75) is 39.8 Å². The first-order valence-electron chi connectivity index (χ1n) is 6.47. The molecule has 0 bridgehead atoms. The number of benzene rings is 1. The van der Waals surface area contributed by atoms with E-state index in [0.29, 0.717) is 6.61 Å². The Labute approximate surface area is 109 Å². The Morgan fingerprint density at radius 3 is 2.39 bits per heavy atom. The molecule has 0 unspecified atom stereocenters. The quantitative estimate of drug-likeness (QED) is 0.607. The summed E-state index contributed by atoms with van der Waals surface area (Å²) in [4.78, 5) is 14.1. The molecule has 3 heteroatoms. The molecule has 0 saturated carbocycles. The molecule has 0 amide bonds. The van der Waals surface area contributed by atoms with Gasteiger partial charge in [0.15, 0.2) is 0 Å². The van der Waals surface area contributed by atoms with Gasteiger partial charge in [-0.3, -0.25) is 0 Å². The minimum Gasteiger partial charge on any atom is -0.464 e. The zero-order chi connectivity index (χ0) is 13.3. The Kier molecular flexibility index (Phi) is 3.33. The average Bonchev–Trinajstić information content (AvgIpc) is 3.05. The van der Waals surface area contributed by atoms with Crippen molar-refractivity contribution in [3.8, 4) is 0 Å². The van der Waals surface area contributed by atoms with E-state index in [0.717, 1.165) is 5.69 Å². The van der Waals surface area contributed by atoms with E-state index in [-0.39, 0.29) is 23.5 Å². The molecule has 3 nitrogen and oxygen atoms in total. The molecular formula is C15H21NO2. The highest BCUT2D eigenvalue weighted by molar-refractivity contribution is 5.88. The molecule has 1 heterocycles. The first-order chi connectivity index (χ1) is 8.46. The normalized spacial score (nSPS) is 22.8. The summed E-state index contributed by atoms with van der Waals surface area (Å²) in [5.41, 5.74) is 1.16. The van der Waals surface area contributed by atoms with Crippen LogP contribution in [0.3, 0.4) is 0 Å². The molecule has 1 aromatic carbocycles. The predicted molar refractivity (Wildman–Crippen MR) is 72.6 cm³/mol. The molecule has 1 aliphatic rings. The lowest BCUT2D eigenvalue weighted by atomic mass is 9.90. The maximum atomic E-state index is 12.0. The van der Waals surface area contributed by atoms with E-state index < -0.39 is 0 Å². The van der Waals surface area contributed by atoms with Crippen LogP contribution in [0.2, 0.25) is 0 Å². The second-order valence-electron chi connectivity index (χ2n) is 5.75. The lowest BCUT2D eigenvalue weighted by molar-refractivity contribution is -0.142. The van der Waals surface area contributed by atoms with Gasteiger partial charge >= 0.3 is 5.97 Å². The number of hydrogen-bond donors (Lipinski definition) is 0. The second kappa shape index (κ2) is 4.63. The first kappa shape index (κ1) is 12.9. The largest absolute Gasteiger partial charge is 0.464 e. The molecule has 1 aliphatic heterocycles. The maximum absolute atomic E-state index is 12.0. The maximum Gasteiger partial charge on any atom is 0.330 e. The van der Waals surface area contributed by atoms with Crippen molar-refractivity contribution in [2.75, 3.05) is 11.5 Å². The molecule has 0 aromatic heterocycles. The average molecular weight is 247 g/mol. The van der Waals surface area contributed by atoms with Crippen LogP contribution in [-0.4, -0.2) is 24.7 Å². The van der Waals surface area contributed by atoms with Crippen LogP contribution in [0, 0.1) is 5.41 Å². The third-order valence-corrected chi connectivity index (χ3v) is 3.28. The van der Waals surface area contributed by atoms with Crippen molar-refractivity contribution in [3.05, 3.63) is 30.3 Å². The zero-order valence-electron chi connectivity index (χ0n) is 11.5. The van der Waals surface area contributed by atoms with Gasteiger partial charge in [0, 0.05) is 5.69 Å². The lowest BCUT2D eigenvalue weighted by Crippen LogP contribution is -2.22. The molecule has 1 saturated heterocycles. The van der Waals surface area contributed by atoms with Gasteiger partial charge in [0.05, 0.1) is 12.6 Å². The van der Waals surface area contributed by atoms with E-state index in [4.69, 9.17) is 4.74 Å². The molecule has 1 fully saturated rings. The zero-order valence-corrected chi connectivity index (χ0v) is 11.5. The van der Waals surface area contributed by atoms with Crippen LogP contribution in [-0.2, 0) is 9.53 Å². The minimum absolute atomic E-state index is 0.0628. The number of para-hydroxylation sites is 1. The molecule has 98 valence electrons. The monoisotopic (exact) mass is 247 g/mol. The summed E-state index contributed by atoms with van der Waals surface area (Å²) in [7, 11) is 0. The van der Waals surface area contributed by atoms with Crippen molar-refractivity contribution >= 4 is 11.7 Å². The van der Waals surface area contributed by atoms with Gasteiger partial charge in [-0.25, -0.2) is 4.79 Å². The van der Waals surface area contributed by atoms with Crippen LogP contribution in [0.25, 0.3) is 0 Å². The fraction of sp³-hybridized carbons (Fsp3) is 0.533. The summed E-state index contributed by atoms with van der Waals surface area (Å²) in [6.45, 7) is 8.76. The van der Waals surface area contributed by atoms with Crippen LogP contribution in [0.5, 0.6) is 0 Å². The molecule has 0 aliphatic carbocycles. The Morgan fingerprint density at radius 1 is 1.28 bits per heavy atom. The van der Waals surface area contributed by atoms with E-state index in [9.17, 15) is 4.79 Å². The van der Waals surface area contributed by atoms with Gasteiger partial charge in [-0.05, 0) is 24.5 Å². The van der Waals surface area contributed by atoms with E-state index in [2.05, 4.69) is 25.7 Å². The Balaban J connectivity index is 2.21. The number of rotatable bonds is 3. The van der Waals surface area contributed by atoms with Gasteiger partial charge in [-0.1, -0.05) is 39.0 Å². The molecule has 0 N–H and O–H groups in total. The Hall–Kier alpha value is -1.51. The number of hydrogen-bond acceptors (Lipinski definition) is 3. The SMILES string of the molecule is CCOC(=O)[C@H]1[C@H](C(C)(C)C)N1c1ccccc1. The number of esters is 1. The highest BCUT2D eigenvalue weighted by Gasteiger charge is 2.58. The molecule has 18 heavy (non-hydrogen) atoms. The fourth-order valence-electron chi connectivity index (χ4n) is 2.51. The first-order valence-corrected chi connectivity index (χ1v) is 6.47. The van der Waals surface area contributed by atoms with Crippen LogP contribution >= 0.6 is 0 Å². The number of anilines is 1. The summed E-state index contributed by atoms with van der Waals surface area (Å²) in [6.07, 6.45) is 0. The number of carbonyl (C=O) groups is 1. The molecule has 2 atom stereocenters. The van der Waals surface area contributed by atoms with Gasteiger partial charge in [-0.15, -0.1) is 0 Å². The van der Waals surface area contributed by atoms with E-state index in [1.54, 1.807) is 0 Å². The number of ether oxygens (including phenoxy) is 1. The highest BCUT2D eigenvalue weighted by atomic mass is 16.5. The number of carbonyl (C=O) groups excluding carboxylic acids is 1. The molecule has 2 rings (SSSR count). The van der Waals surface area contributed by atoms with E-state index in [1.165, 1.54) is 0 Å². The van der Waals surface area contributed by atoms with Crippen LogP contribution in [0.15, 0.2) is 30.3 Å². The van der Waals surface area contributed by atoms with Gasteiger partial charge < -0.3 is 9.64 Å². The summed E-state index contributed by atoms with van der Waals surface area (Å²) >= 11 is 0. The third kappa shape index (κ3) is 2.35. The second-order valence-corrected chi connectivity index (χ2v) is 5.75.